The number of carbonyl (C=O) groups excluding carboxylic acids is 1. The Bertz CT molecular complexity index is 1070. The molecule has 1 aromatic heterocycles. The molecule has 0 radical (unpaired) electrons. The maximum Gasteiger partial charge on any atom is 0.407 e. The number of nitrogens with one attached hydrogen (secondary N) is 1. The summed E-state index contributed by atoms with van der Waals surface area (Å²) in [6.07, 6.45) is 0.710. The van der Waals surface area contributed by atoms with Crippen LogP contribution in [0, 0.1) is 6.92 Å². The van der Waals surface area contributed by atoms with Crippen molar-refractivity contribution in [2.75, 3.05) is 6.61 Å². The van der Waals surface area contributed by atoms with Crippen molar-refractivity contribution in [1.82, 2.24) is 10.3 Å². The molecule has 3 rings (SSSR count). The highest BCUT2D eigenvalue weighted by Gasteiger charge is 2.18. The van der Waals surface area contributed by atoms with Crippen LogP contribution >= 0.6 is 0 Å². The molecule has 0 aliphatic rings. The van der Waals surface area contributed by atoms with Crippen LogP contribution in [0.2, 0.25) is 0 Å². The van der Waals surface area contributed by atoms with Gasteiger partial charge in [0, 0.05) is 18.0 Å². The van der Waals surface area contributed by atoms with Crippen molar-refractivity contribution in [3.05, 3.63) is 71.6 Å². The summed E-state index contributed by atoms with van der Waals surface area (Å²) in [7, 11) is 0. The lowest BCUT2D eigenvalue weighted by Gasteiger charge is -2.22. The normalized spacial score (nSPS) is 13.2. The number of aliphatic hydroxyl groups excluding tert-OH is 1. The maximum atomic E-state index is 11.9. The third kappa shape index (κ3) is 8.44. The Hall–Kier alpha value is -3.32. The first-order valence-corrected chi connectivity index (χ1v) is 12.0. The number of benzene rings is 2. The highest BCUT2D eigenvalue weighted by atomic mass is 16.6. The lowest BCUT2D eigenvalue weighted by Crippen LogP contribution is -2.37. The summed E-state index contributed by atoms with van der Waals surface area (Å²) < 4.78 is 16.9. The van der Waals surface area contributed by atoms with Gasteiger partial charge in [-0.2, -0.15) is 0 Å². The second-order valence-corrected chi connectivity index (χ2v) is 9.70. The van der Waals surface area contributed by atoms with Crippen molar-refractivity contribution in [2.45, 2.75) is 71.6 Å². The molecule has 188 valence electrons. The van der Waals surface area contributed by atoms with Gasteiger partial charge in [-0.15, -0.1) is 0 Å². The molecule has 0 spiro atoms. The molecule has 0 saturated carbocycles. The molecule has 0 fully saturated rings. The molecule has 7 heteroatoms. The van der Waals surface area contributed by atoms with Crippen LogP contribution in [0.4, 0.5) is 4.79 Å². The van der Waals surface area contributed by atoms with Crippen molar-refractivity contribution in [3.63, 3.8) is 0 Å². The Morgan fingerprint density at radius 1 is 1.09 bits per heavy atom. The fourth-order valence-corrected chi connectivity index (χ4v) is 3.57. The van der Waals surface area contributed by atoms with Crippen LogP contribution in [0.3, 0.4) is 0 Å². The summed E-state index contributed by atoms with van der Waals surface area (Å²) >= 11 is 0. The van der Waals surface area contributed by atoms with E-state index in [2.05, 4.69) is 10.3 Å². The SMILES string of the molecule is Cc1oc(-c2ccccc2)nc1CCOc1ccc(C(O)CCC(C)NC(=O)OC(C)(C)C)cc1. The van der Waals surface area contributed by atoms with E-state index in [1.54, 1.807) is 0 Å². The lowest BCUT2D eigenvalue weighted by molar-refractivity contribution is 0.0500. The third-order valence-electron chi connectivity index (χ3n) is 5.42. The zero-order chi connectivity index (χ0) is 25.4. The molecule has 1 heterocycles. The zero-order valence-electron chi connectivity index (χ0n) is 21.2. The van der Waals surface area contributed by atoms with E-state index >= 15 is 0 Å². The highest BCUT2D eigenvalue weighted by Crippen LogP contribution is 2.24. The van der Waals surface area contributed by atoms with E-state index < -0.39 is 17.8 Å². The molecule has 2 unspecified atom stereocenters. The number of alkyl carbamates (subject to hydrolysis) is 1. The van der Waals surface area contributed by atoms with E-state index in [0.29, 0.717) is 31.8 Å². The van der Waals surface area contributed by atoms with Crippen LogP contribution in [-0.4, -0.2) is 34.4 Å². The second kappa shape index (κ2) is 11.9. The van der Waals surface area contributed by atoms with Gasteiger partial charge in [0.15, 0.2) is 0 Å². The summed E-state index contributed by atoms with van der Waals surface area (Å²) in [4.78, 5) is 16.5. The Labute approximate surface area is 207 Å². The molecule has 0 saturated heterocycles. The fourth-order valence-electron chi connectivity index (χ4n) is 3.57. The Kier molecular flexibility index (Phi) is 8.93. The van der Waals surface area contributed by atoms with E-state index in [-0.39, 0.29) is 6.04 Å². The van der Waals surface area contributed by atoms with E-state index in [4.69, 9.17) is 13.9 Å². The monoisotopic (exact) mass is 480 g/mol. The van der Waals surface area contributed by atoms with Crippen LogP contribution in [0.25, 0.3) is 11.5 Å². The topological polar surface area (TPSA) is 93.8 Å². The van der Waals surface area contributed by atoms with Crippen LogP contribution in [0.5, 0.6) is 5.75 Å². The fraction of sp³-hybridized carbons (Fsp3) is 0.429. The molecular formula is C28H36N2O5. The number of rotatable bonds is 10. The Morgan fingerprint density at radius 2 is 1.77 bits per heavy atom. The average Bonchev–Trinajstić information content (AvgIpc) is 3.17. The third-order valence-corrected chi connectivity index (χ3v) is 5.42. The van der Waals surface area contributed by atoms with Crippen molar-refractivity contribution < 1.29 is 23.8 Å². The first kappa shape index (κ1) is 26.3. The number of carbonyl (C=O) groups is 1. The van der Waals surface area contributed by atoms with Crippen LogP contribution < -0.4 is 10.1 Å². The number of aromatic nitrogens is 1. The van der Waals surface area contributed by atoms with E-state index in [9.17, 15) is 9.90 Å². The molecule has 0 aliphatic heterocycles. The molecular weight excluding hydrogens is 444 g/mol. The van der Waals surface area contributed by atoms with Crippen LogP contribution in [-0.2, 0) is 11.2 Å². The van der Waals surface area contributed by atoms with Crippen LogP contribution in [0.1, 0.15) is 63.7 Å². The number of hydrogen-bond donors (Lipinski definition) is 2. The minimum absolute atomic E-state index is 0.107. The average molecular weight is 481 g/mol. The second-order valence-electron chi connectivity index (χ2n) is 9.70. The number of oxazole rings is 1. The number of aryl methyl sites for hydroxylation is 1. The molecule has 2 N–H and O–H groups in total. The van der Waals surface area contributed by atoms with Gasteiger partial charge in [-0.3, -0.25) is 0 Å². The number of amides is 1. The van der Waals surface area contributed by atoms with E-state index in [0.717, 1.165) is 28.3 Å². The first-order chi connectivity index (χ1) is 16.6. The highest BCUT2D eigenvalue weighted by molar-refractivity contribution is 5.68. The van der Waals surface area contributed by atoms with Gasteiger partial charge in [-0.25, -0.2) is 9.78 Å². The predicted molar refractivity (Wildman–Crippen MR) is 135 cm³/mol. The van der Waals surface area contributed by atoms with Crippen molar-refractivity contribution in [3.8, 4) is 17.2 Å². The van der Waals surface area contributed by atoms with Gasteiger partial charge in [0.1, 0.15) is 17.1 Å². The molecule has 35 heavy (non-hydrogen) atoms. The van der Waals surface area contributed by atoms with Crippen molar-refractivity contribution in [1.29, 1.82) is 0 Å². The van der Waals surface area contributed by atoms with Gasteiger partial charge in [-0.05, 0) is 77.3 Å². The molecule has 0 aliphatic carbocycles. The van der Waals surface area contributed by atoms with Gasteiger partial charge >= 0.3 is 6.09 Å². The minimum Gasteiger partial charge on any atom is -0.493 e. The maximum absolute atomic E-state index is 11.9. The minimum atomic E-state index is -0.624. The predicted octanol–water partition coefficient (Wildman–Crippen LogP) is 6.00. The quantitative estimate of drug-likeness (QED) is 0.370. The van der Waals surface area contributed by atoms with Crippen molar-refractivity contribution in [2.24, 2.45) is 0 Å². The smallest absolute Gasteiger partial charge is 0.407 e. The molecule has 2 aromatic carbocycles. The summed E-state index contributed by atoms with van der Waals surface area (Å²) in [5.41, 5.74) is 2.10. The van der Waals surface area contributed by atoms with Crippen LogP contribution in [0.15, 0.2) is 59.0 Å². The summed E-state index contributed by atoms with van der Waals surface area (Å²) in [6, 6.07) is 17.1. The van der Waals surface area contributed by atoms with E-state index in [1.165, 1.54) is 0 Å². The summed E-state index contributed by atoms with van der Waals surface area (Å²) in [5.74, 6) is 2.14. The number of ether oxygens (including phenoxy) is 2. The number of nitrogens with zero attached hydrogens (tertiary/aromatic N) is 1. The number of aliphatic hydroxyl groups is 1. The molecule has 3 aromatic rings. The molecule has 1 amide bonds. The first-order valence-electron chi connectivity index (χ1n) is 12.0. The standard InChI is InChI=1S/C28H36N2O5/c1-19(29-27(32)35-28(3,4)5)11-16-25(31)21-12-14-23(15-13-21)33-18-17-24-20(2)34-26(30-24)22-9-7-6-8-10-22/h6-10,12-15,19,25,31H,11,16-18H2,1-5H3,(H,29,32). The van der Waals surface area contributed by atoms with Gasteiger partial charge < -0.3 is 24.3 Å². The zero-order valence-corrected chi connectivity index (χ0v) is 21.2. The molecule has 7 nitrogen and oxygen atoms in total. The van der Waals surface area contributed by atoms with E-state index in [1.807, 2.05) is 89.2 Å². The lowest BCUT2D eigenvalue weighted by atomic mass is 10.0. The summed E-state index contributed by atoms with van der Waals surface area (Å²) in [5, 5.41) is 13.3. The van der Waals surface area contributed by atoms with Gasteiger partial charge in [-0.1, -0.05) is 30.3 Å². The van der Waals surface area contributed by atoms with Gasteiger partial charge in [0.2, 0.25) is 5.89 Å². The van der Waals surface area contributed by atoms with Gasteiger partial charge in [0.25, 0.3) is 0 Å². The Morgan fingerprint density at radius 3 is 2.43 bits per heavy atom. The van der Waals surface area contributed by atoms with Crippen molar-refractivity contribution >= 4 is 6.09 Å². The molecule has 0 bridgehead atoms. The van der Waals surface area contributed by atoms with Gasteiger partial charge in [0.05, 0.1) is 18.4 Å². The molecule has 2 atom stereocenters. The summed E-state index contributed by atoms with van der Waals surface area (Å²) in [6.45, 7) is 9.75. The largest absolute Gasteiger partial charge is 0.493 e. The Balaban J connectivity index is 1.43. The number of hydrogen-bond acceptors (Lipinski definition) is 6.